The predicted octanol–water partition coefficient (Wildman–Crippen LogP) is 4.08. The molecule has 3 rings (SSSR count). The highest BCUT2D eigenvalue weighted by molar-refractivity contribution is 5.76. The molecule has 0 radical (unpaired) electrons. The summed E-state index contributed by atoms with van der Waals surface area (Å²) in [4.78, 5) is 12.1. The standard InChI is InChI=1S/C21H21F2N3O2/c1-14(13-16-17(22)9-5-10-18(16)23)24-19(27)11-6-12-20-25-26-21(28-20)15-7-3-2-4-8-15/h2-5,7-10,14H,6,11-13H2,1H3,(H,24,27). The van der Waals surface area contributed by atoms with Crippen LogP contribution in [0, 0.1) is 11.6 Å². The highest BCUT2D eigenvalue weighted by Crippen LogP contribution is 2.18. The molecule has 1 amide bonds. The van der Waals surface area contributed by atoms with E-state index < -0.39 is 11.6 Å². The van der Waals surface area contributed by atoms with Gasteiger partial charge in [-0.3, -0.25) is 4.79 Å². The molecule has 0 saturated heterocycles. The van der Waals surface area contributed by atoms with Crippen LogP contribution in [-0.4, -0.2) is 22.1 Å². The first-order valence-corrected chi connectivity index (χ1v) is 9.13. The first-order valence-electron chi connectivity index (χ1n) is 9.13. The van der Waals surface area contributed by atoms with Crippen LogP contribution in [0.3, 0.4) is 0 Å². The van der Waals surface area contributed by atoms with Crippen LogP contribution in [0.25, 0.3) is 11.5 Å². The average molecular weight is 385 g/mol. The van der Waals surface area contributed by atoms with E-state index in [1.807, 2.05) is 30.3 Å². The summed E-state index contributed by atoms with van der Waals surface area (Å²) in [6, 6.07) is 12.8. The van der Waals surface area contributed by atoms with Gasteiger partial charge in [0.1, 0.15) is 11.6 Å². The van der Waals surface area contributed by atoms with Crippen LogP contribution in [0.15, 0.2) is 52.9 Å². The van der Waals surface area contributed by atoms with Gasteiger partial charge in [0, 0.05) is 30.0 Å². The number of nitrogens with one attached hydrogen (secondary N) is 1. The summed E-state index contributed by atoms with van der Waals surface area (Å²) < 4.78 is 33.0. The SMILES string of the molecule is CC(Cc1c(F)cccc1F)NC(=O)CCCc1nnc(-c2ccccc2)o1. The van der Waals surface area contributed by atoms with Gasteiger partial charge >= 0.3 is 0 Å². The van der Waals surface area contributed by atoms with Gasteiger partial charge < -0.3 is 9.73 Å². The Morgan fingerprint density at radius 1 is 1.07 bits per heavy atom. The molecule has 146 valence electrons. The van der Waals surface area contributed by atoms with E-state index in [1.54, 1.807) is 6.92 Å². The first kappa shape index (κ1) is 19.7. The minimum Gasteiger partial charge on any atom is -0.421 e. The molecule has 0 aliphatic rings. The summed E-state index contributed by atoms with van der Waals surface area (Å²) in [5.41, 5.74) is 0.822. The molecule has 0 spiro atoms. The number of hydrogen-bond acceptors (Lipinski definition) is 4. The number of halogens is 2. The van der Waals surface area contributed by atoms with Crippen molar-refractivity contribution in [3.8, 4) is 11.5 Å². The van der Waals surface area contributed by atoms with Gasteiger partial charge in [0.2, 0.25) is 17.7 Å². The minimum atomic E-state index is -0.605. The fourth-order valence-corrected chi connectivity index (χ4v) is 2.88. The maximum atomic E-state index is 13.7. The Morgan fingerprint density at radius 3 is 2.50 bits per heavy atom. The summed E-state index contributed by atoms with van der Waals surface area (Å²) >= 11 is 0. The Kier molecular flexibility index (Phi) is 6.47. The molecule has 0 aliphatic heterocycles. The Morgan fingerprint density at radius 2 is 1.79 bits per heavy atom. The van der Waals surface area contributed by atoms with Crippen molar-refractivity contribution in [1.29, 1.82) is 0 Å². The second kappa shape index (κ2) is 9.21. The Balaban J connectivity index is 1.44. The zero-order valence-electron chi connectivity index (χ0n) is 15.5. The zero-order valence-corrected chi connectivity index (χ0v) is 15.5. The fourth-order valence-electron chi connectivity index (χ4n) is 2.88. The highest BCUT2D eigenvalue weighted by Gasteiger charge is 2.15. The van der Waals surface area contributed by atoms with Crippen LogP contribution < -0.4 is 5.32 Å². The summed E-state index contributed by atoms with van der Waals surface area (Å²) in [6.45, 7) is 1.72. The number of amides is 1. The molecule has 1 aromatic heterocycles. The Hall–Kier alpha value is -3.09. The highest BCUT2D eigenvalue weighted by atomic mass is 19.1. The van der Waals surface area contributed by atoms with E-state index >= 15 is 0 Å². The first-order chi connectivity index (χ1) is 13.5. The van der Waals surface area contributed by atoms with Gasteiger partial charge in [0.15, 0.2) is 0 Å². The Labute approximate surface area is 161 Å². The number of aromatic nitrogens is 2. The van der Waals surface area contributed by atoms with Crippen molar-refractivity contribution in [3.63, 3.8) is 0 Å². The van der Waals surface area contributed by atoms with Gasteiger partial charge in [-0.2, -0.15) is 0 Å². The molecule has 1 unspecified atom stereocenters. The van der Waals surface area contributed by atoms with E-state index in [2.05, 4.69) is 15.5 Å². The van der Waals surface area contributed by atoms with E-state index in [-0.39, 0.29) is 30.4 Å². The summed E-state index contributed by atoms with van der Waals surface area (Å²) in [5.74, 6) is -0.487. The van der Waals surface area contributed by atoms with Crippen LogP contribution in [0.4, 0.5) is 8.78 Å². The van der Waals surface area contributed by atoms with Crippen molar-refractivity contribution in [3.05, 3.63) is 71.6 Å². The van der Waals surface area contributed by atoms with E-state index in [4.69, 9.17) is 4.42 Å². The zero-order chi connectivity index (χ0) is 19.9. The van der Waals surface area contributed by atoms with E-state index in [0.717, 1.165) is 5.56 Å². The largest absolute Gasteiger partial charge is 0.421 e. The lowest BCUT2D eigenvalue weighted by Gasteiger charge is -2.14. The van der Waals surface area contributed by atoms with Crippen molar-refractivity contribution in [2.45, 2.75) is 38.6 Å². The van der Waals surface area contributed by atoms with Crippen molar-refractivity contribution in [2.24, 2.45) is 0 Å². The van der Waals surface area contributed by atoms with Gasteiger partial charge in [-0.25, -0.2) is 8.78 Å². The molecular formula is C21H21F2N3O2. The molecule has 0 fully saturated rings. The van der Waals surface area contributed by atoms with Gasteiger partial charge in [-0.05, 0) is 44.0 Å². The second-order valence-electron chi connectivity index (χ2n) is 6.59. The molecule has 5 nitrogen and oxygen atoms in total. The number of hydrogen-bond donors (Lipinski definition) is 1. The Bertz CT molecular complexity index is 908. The fraction of sp³-hybridized carbons (Fsp3) is 0.286. The molecule has 0 bridgehead atoms. The maximum Gasteiger partial charge on any atom is 0.247 e. The van der Waals surface area contributed by atoms with Crippen LogP contribution in [-0.2, 0) is 17.6 Å². The molecule has 1 heterocycles. The number of rotatable bonds is 8. The number of aryl methyl sites for hydroxylation is 1. The smallest absolute Gasteiger partial charge is 0.247 e. The molecule has 1 atom stereocenters. The second-order valence-corrected chi connectivity index (χ2v) is 6.59. The summed E-state index contributed by atoms with van der Waals surface area (Å²) in [5, 5.41) is 10.8. The number of carbonyl (C=O) groups is 1. The molecule has 0 saturated carbocycles. The molecule has 3 aromatic rings. The van der Waals surface area contributed by atoms with Gasteiger partial charge in [0.25, 0.3) is 0 Å². The monoisotopic (exact) mass is 385 g/mol. The summed E-state index contributed by atoms with van der Waals surface area (Å²) in [6.07, 6.45) is 1.36. The van der Waals surface area contributed by atoms with Crippen molar-refractivity contribution >= 4 is 5.91 Å². The third-order valence-corrected chi connectivity index (χ3v) is 4.26. The number of benzene rings is 2. The molecule has 0 aliphatic carbocycles. The normalized spacial score (nSPS) is 12.0. The van der Waals surface area contributed by atoms with E-state index in [1.165, 1.54) is 18.2 Å². The van der Waals surface area contributed by atoms with E-state index in [9.17, 15) is 13.6 Å². The van der Waals surface area contributed by atoms with Crippen LogP contribution >= 0.6 is 0 Å². The lowest BCUT2D eigenvalue weighted by atomic mass is 10.1. The lowest BCUT2D eigenvalue weighted by molar-refractivity contribution is -0.121. The van der Waals surface area contributed by atoms with Crippen molar-refractivity contribution in [1.82, 2.24) is 15.5 Å². The van der Waals surface area contributed by atoms with Crippen LogP contribution in [0.1, 0.15) is 31.2 Å². The molecule has 7 heteroatoms. The third-order valence-electron chi connectivity index (χ3n) is 4.26. The third kappa shape index (κ3) is 5.22. The summed E-state index contributed by atoms with van der Waals surface area (Å²) in [7, 11) is 0. The van der Waals surface area contributed by atoms with Crippen molar-refractivity contribution < 1.29 is 18.0 Å². The van der Waals surface area contributed by atoms with Gasteiger partial charge in [0.05, 0.1) is 0 Å². The van der Waals surface area contributed by atoms with Gasteiger partial charge in [-0.1, -0.05) is 24.3 Å². The topological polar surface area (TPSA) is 68.0 Å². The lowest BCUT2D eigenvalue weighted by Crippen LogP contribution is -2.34. The molecule has 2 aromatic carbocycles. The molecular weight excluding hydrogens is 364 g/mol. The van der Waals surface area contributed by atoms with Gasteiger partial charge in [-0.15, -0.1) is 10.2 Å². The number of nitrogens with zero attached hydrogens (tertiary/aromatic N) is 2. The minimum absolute atomic E-state index is 0.0189. The van der Waals surface area contributed by atoms with E-state index in [0.29, 0.717) is 24.6 Å². The molecule has 1 N–H and O–H groups in total. The van der Waals surface area contributed by atoms with Crippen LogP contribution in [0.2, 0.25) is 0 Å². The van der Waals surface area contributed by atoms with Crippen LogP contribution in [0.5, 0.6) is 0 Å². The predicted molar refractivity (Wildman–Crippen MR) is 100 cm³/mol. The van der Waals surface area contributed by atoms with Crippen molar-refractivity contribution in [2.75, 3.05) is 0 Å². The average Bonchev–Trinajstić information content (AvgIpc) is 3.14. The molecule has 28 heavy (non-hydrogen) atoms. The quantitative estimate of drug-likeness (QED) is 0.634. The number of carbonyl (C=O) groups excluding carboxylic acids is 1. The maximum absolute atomic E-state index is 13.7.